The van der Waals surface area contributed by atoms with E-state index in [0.717, 1.165) is 32.6 Å². The quantitative estimate of drug-likeness (QED) is 0.364. The normalized spacial score (nSPS) is 28.8. The van der Waals surface area contributed by atoms with E-state index in [1.54, 1.807) is 0 Å². The van der Waals surface area contributed by atoms with Gasteiger partial charge in [-0.1, -0.05) is 0 Å². The molecule has 0 aromatic carbocycles. The van der Waals surface area contributed by atoms with Crippen LogP contribution in [0.3, 0.4) is 0 Å². The minimum Gasteiger partial charge on any atom is -0.473 e. The summed E-state index contributed by atoms with van der Waals surface area (Å²) in [6, 6.07) is 0.615. The van der Waals surface area contributed by atoms with Gasteiger partial charge in [0, 0.05) is 32.2 Å². The molecule has 2 heterocycles. The first kappa shape index (κ1) is 12.9. The van der Waals surface area contributed by atoms with Crippen molar-refractivity contribution in [2.24, 2.45) is 0 Å². The number of carboxylic acid groups (broad SMARTS) is 2. The second-order valence-corrected chi connectivity index (χ2v) is 3.85. The number of nitrogens with zero attached hydrogens (tertiary/aromatic N) is 1. The minimum atomic E-state index is -1.82. The van der Waals surface area contributed by atoms with Crippen LogP contribution in [-0.2, 0) is 9.59 Å². The molecule has 2 aliphatic heterocycles. The molecule has 2 rings (SSSR count). The van der Waals surface area contributed by atoms with Gasteiger partial charge in [0.2, 0.25) is 0 Å². The highest BCUT2D eigenvalue weighted by molar-refractivity contribution is 6.27. The van der Waals surface area contributed by atoms with Gasteiger partial charge in [-0.3, -0.25) is 4.90 Å². The van der Waals surface area contributed by atoms with Gasteiger partial charge >= 0.3 is 11.9 Å². The molecular formula is C9H16N2O5. The third kappa shape index (κ3) is 3.76. The van der Waals surface area contributed by atoms with Crippen LogP contribution < -0.4 is 5.32 Å². The van der Waals surface area contributed by atoms with Crippen molar-refractivity contribution in [3.05, 3.63) is 0 Å². The van der Waals surface area contributed by atoms with E-state index in [4.69, 9.17) is 19.8 Å². The number of carboxylic acids is 2. The van der Waals surface area contributed by atoms with Crippen LogP contribution in [0.1, 0.15) is 6.42 Å². The van der Waals surface area contributed by atoms with Crippen molar-refractivity contribution in [2.45, 2.75) is 18.6 Å². The number of carbonyl (C=O) groups is 2. The van der Waals surface area contributed by atoms with Crippen molar-refractivity contribution < 1.29 is 24.9 Å². The lowest BCUT2D eigenvalue weighted by atomic mass is 10.2. The van der Waals surface area contributed by atoms with Gasteiger partial charge in [-0.15, -0.1) is 0 Å². The number of fused-ring (bicyclic) bond motifs is 1. The van der Waals surface area contributed by atoms with Crippen molar-refractivity contribution in [3.63, 3.8) is 0 Å². The Morgan fingerprint density at radius 3 is 2.38 bits per heavy atom. The molecule has 2 fully saturated rings. The van der Waals surface area contributed by atoms with Crippen molar-refractivity contribution >= 4 is 11.9 Å². The predicted octanol–water partition coefficient (Wildman–Crippen LogP) is -1.82. The molecule has 4 N–H and O–H groups in total. The van der Waals surface area contributed by atoms with E-state index < -0.39 is 11.9 Å². The van der Waals surface area contributed by atoms with E-state index in [1.807, 2.05) is 0 Å². The average molecular weight is 232 g/mol. The molecule has 16 heavy (non-hydrogen) atoms. The topological polar surface area (TPSA) is 110 Å². The predicted molar refractivity (Wildman–Crippen MR) is 54.1 cm³/mol. The van der Waals surface area contributed by atoms with Crippen molar-refractivity contribution in [3.8, 4) is 0 Å². The lowest BCUT2D eigenvalue weighted by molar-refractivity contribution is -0.159. The van der Waals surface area contributed by atoms with Crippen molar-refractivity contribution in [1.82, 2.24) is 10.2 Å². The summed E-state index contributed by atoms with van der Waals surface area (Å²) in [5.74, 6) is -3.65. The van der Waals surface area contributed by atoms with Gasteiger partial charge in [-0.05, 0) is 6.42 Å². The van der Waals surface area contributed by atoms with Crippen LogP contribution in [0.4, 0.5) is 0 Å². The molecule has 0 bridgehead atoms. The Kier molecular flexibility index (Phi) is 4.66. The van der Waals surface area contributed by atoms with Crippen LogP contribution in [0, 0.1) is 0 Å². The average Bonchev–Trinajstić information content (AvgIpc) is 2.58. The number of rotatable bonds is 0. The Bertz CT molecular complexity index is 245. The summed E-state index contributed by atoms with van der Waals surface area (Å²) in [7, 11) is 0. The summed E-state index contributed by atoms with van der Waals surface area (Å²) in [5, 5.41) is 27.4. The molecule has 0 aromatic rings. The van der Waals surface area contributed by atoms with Gasteiger partial charge in [-0.2, -0.15) is 0 Å². The fourth-order valence-corrected chi connectivity index (χ4v) is 1.94. The van der Waals surface area contributed by atoms with E-state index in [0.29, 0.717) is 6.04 Å². The lowest BCUT2D eigenvalue weighted by Crippen LogP contribution is -2.47. The Balaban J connectivity index is 0.000000187. The molecule has 0 aliphatic carbocycles. The summed E-state index contributed by atoms with van der Waals surface area (Å²) in [6.45, 7) is 4.16. The molecule has 2 atom stereocenters. The summed E-state index contributed by atoms with van der Waals surface area (Å²) >= 11 is 0. The van der Waals surface area contributed by atoms with Gasteiger partial charge in [0.05, 0.1) is 6.10 Å². The molecule has 7 heteroatoms. The maximum atomic E-state index is 9.29. The summed E-state index contributed by atoms with van der Waals surface area (Å²) in [5.41, 5.74) is 0. The van der Waals surface area contributed by atoms with Crippen LogP contribution in [0.25, 0.3) is 0 Å². The van der Waals surface area contributed by atoms with Gasteiger partial charge in [0.15, 0.2) is 0 Å². The molecule has 7 nitrogen and oxygen atoms in total. The fraction of sp³-hybridized carbons (Fsp3) is 0.778. The summed E-state index contributed by atoms with van der Waals surface area (Å²) in [6.07, 6.45) is 0.900. The van der Waals surface area contributed by atoms with E-state index in [9.17, 15) is 5.11 Å². The maximum absolute atomic E-state index is 9.29. The standard InChI is InChI=1S/C7H14N2O.C2H2O4/c10-7-3-6-4-8-1-2-9(6)5-7;3-1(4)2(5)6/h6-8,10H,1-5H2;(H,3,4)(H,5,6)/t6-,7-;/m0./s1. The van der Waals surface area contributed by atoms with Gasteiger partial charge in [0.25, 0.3) is 0 Å². The van der Waals surface area contributed by atoms with Crippen LogP contribution in [0.5, 0.6) is 0 Å². The number of aliphatic carboxylic acids is 2. The number of aliphatic hydroxyl groups is 1. The second kappa shape index (κ2) is 5.78. The van der Waals surface area contributed by atoms with E-state index in [1.165, 1.54) is 0 Å². The van der Waals surface area contributed by atoms with Crippen LogP contribution in [-0.4, -0.2) is 70.5 Å². The van der Waals surface area contributed by atoms with Crippen molar-refractivity contribution in [1.29, 1.82) is 0 Å². The molecule has 2 saturated heterocycles. The zero-order valence-electron chi connectivity index (χ0n) is 8.80. The lowest BCUT2D eigenvalue weighted by Gasteiger charge is -2.29. The number of hydrogen-bond donors (Lipinski definition) is 4. The van der Waals surface area contributed by atoms with E-state index in [-0.39, 0.29) is 6.10 Å². The third-order valence-corrected chi connectivity index (χ3v) is 2.64. The number of aliphatic hydroxyl groups excluding tert-OH is 1. The van der Waals surface area contributed by atoms with Gasteiger partial charge in [-0.25, -0.2) is 9.59 Å². The molecule has 0 amide bonds. The first-order chi connectivity index (χ1) is 7.50. The third-order valence-electron chi connectivity index (χ3n) is 2.64. The maximum Gasteiger partial charge on any atom is 0.414 e. The van der Waals surface area contributed by atoms with Crippen LogP contribution >= 0.6 is 0 Å². The molecule has 0 aromatic heterocycles. The number of piperazine rings is 1. The van der Waals surface area contributed by atoms with Crippen LogP contribution in [0.2, 0.25) is 0 Å². The fourth-order valence-electron chi connectivity index (χ4n) is 1.94. The van der Waals surface area contributed by atoms with Crippen molar-refractivity contribution in [2.75, 3.05) is 26.2 Å². The first-order valence-electron chi connectivity index (χ1n) is 5.09. The minimum absolute atomic E-state index is 0.0649. The molecule has 2 aliphatic rings. The zero-order valence-corrected chi connectivity index (χ0v) is 8.80. The van der Waals surface area contributed by atoms with Gasteiger partial charge in [0.1, 0.15) is 0 Å². The summed E-state index contributed by atoms with van der Waals surface area (Å²) < 4.78 is 0. The first-order valence-corrected chi connectivity index (χ1v) is 5.09. The molecule has 0 unspecified atom stereocenters. The molecule has 92 valence electrons. The Morgan fingerprint density at radius 1 is 1.25 bits per heavy atom. The van der Waals surface area contributed by atoms with Crippen LogP contribution in [0.15, 0.2) is 0 Å². The molecule has 0 saturated carbocycles. The Morgan fingerprint density at radius 2 is 1.88 bits per heavy atom. The zero-order chi connectivity index (χ0) is 12.1. The molecule has 0 radical (unpaired) electrons. The Labute approximate surface area is 92.7 Å². The summed E-state index contributed by atoms with van der Waals surface area (Å²) in [4.78, 5) is 20.6. The largest absolute Gasteiger partial charge is 0.473 e. The highest BCUT2D eigenvalue weighted by Gasteiger charge is 2.31. The molecular weight excluding hydrogens is 216 g/mol. The number of nitrogens with one attached hydrogen (secondary N) is 1. The molecule has 0 spiro atoms. The monoisotopic (exact) mass is 232 g/mol. The highest BCUT2D eigenvalue weighted by Crippen LogP contribution is 2.18. The smallest absolute Gasteiger partial charge is 0.414 e. The van der Waals surface area contributed by atoms with E-state index in [2.05, 4.69) is 10.2 Å². The van der Waals surface area contributed by atoms with Gasteiger partial charge < -0.3 is 20.6 Å². The highest BCUT2D eigenvalue weighted by atomic mass is 16.4. The Hall–Kier alpha value is -1.18. The number of hydrogen-bond acceptors (Lipinski definition) is 5. The second-order valence-electron chi connectivity index (χ2n) is 3.85. The SMILES string of the molecule is O=C(O)C(=O)O.O[C@H]1C[C@H]2CNCCN2C1. The van der Waals surface area contributed by atoms with E-state index >= 15 is 0 Å².